The molecule has 1 aromatic carbocycles. The van der Waals surface area contributed by atoms with E-state index in [-0.39, 0.29) is 10.9 Å². The molecule has 0 aromatic heterocycles. The molecular weight excluding hydrogens is 368 g/mol. The minimum absolute atomic E-state index is 0.0279. The fourth-order valence-electron chi connectivity index (χ4n) is 2.97. The van der Waals surface area contributed by atoms with Crippen molar-refractivity contribution < 1.29 is 8.42 Å². The van der Waals surface area contributed by atoms with Crippen LogP contribution in [0, 0.1) is 0 Å². The minimum Gasteiger partial charge on any atom is -0.362 e. The monoisotopic (exact) mass is 396 g/mol. The summed E-state index contributed by atoms with van der Waals surface area (Å²) in [5, 5.41) is 7.59. The molecule has 0 atom stereocenters. The number of nitrogens with one attached hydrogen (secondary N) is 3. The van der Waals surface area contributed by atoms with Crippen molar-refractivity contribution in [3.05, 3.63) is 29.8 Å². The Labute approximate surface area is 161 Å². The van der Waals surface area contributed by atoms with Gasteiger partial charge in [-0.1, -0.05) is 37.8 Å². The van der Waals surface area contributed by atoms with Gasteiger partial charge in [0.1, 0.15) is 0 Å². The largest absolute Gasteiger partial charge is 0.362 e. The molecule has 144 valence electrons. The summed E-state index contributed by atoms with van der Waals surface area (Å²) in [6.45, 7) is 4.47. The summed E-state index contributed by atoms with van der Waals surface area (Å²) >= 11 is 5.07. The van der Waals surface area contributed by atoms with Crippen molar-refractivity contribution in [2.75, 3.05) is 6.54 Å². The topological polar surface area (TPSA) is 82.6 Å². The van der Waals surface area contributed by atoms with Crippen LogP contribution in [0.2, 0.25) is 0 Å². The lowest BCUT2D eigenvalue weighted by atomic mass is 10.1. The van der Waals surface area contributed by atoms with Gasteiger partial charge < -0.3 is 5.32 Å². The first-order chi connectivity index (χ1) is 12.4. The van der Waals surface area contributed by atoms with Gasteiger partial charge in [-0.25, -0.2) is 13.1 Å². The van der Waals surface area contributed by atoms with E-state index in [2.05, 4.69) is 20.6 Å². The van der Waals surface area contributed by atoms with Gasteiger partial charge in [0.25, 0.3) is 0 Å². The first-order valence-corrected chi connectivity index (χ1v) is 11.0. The predicted molar refractivity (Wildman–Crippen MR) is 110 cm³/mol. The predicted octanol–water partition coefficient (Wildman–Crippen LogP) is 2.90. The lowest BCUT2D eigenvalue weighted by molar-refractivity contribution is 0.510. The Bertz CT molecular complexity index is 739. The molecule has 0 heterocycles. The normalized spacial score (nSPS) is 16.8. The number of nitrogens with zero attached hydrogens (tertiary/aromatic N) is 1. The van der Waals surface area contributed by atoms with E-state index >= 15 is 0 Å². The van der Waals surface area contributed by atoms with E-state index in [1.165, 1.54) is 12.8 Å². The first kappa shape index (κ1) is 20.8. The summed E-state index contributed by atoms with van der Waals surface area (Å²) in [5.41, 5.74) is 4.16. The maximum Gasteiger partial charge on any atom is 0.240 e. The van der Waals surface area contributed by atoms with Crippen LogP contribution in [0.15, 0.2) is 34.3 Å². The Morgan fingerprint density at radius 1 is 1.23 bits per heavy atom. The Morgan fingerprint density at radius 2 is 1.92 bits per heavy atom. The van der Waals surface area contributed by atoms with Gasteiger partial charge in [-0.2, -0.15) is 5.10 Å². The van der Waals surface area contributed by atoms with Gasteiger partial charge in [0.2, 0.25) is 10.0 Å². The van der Waals surface area contributed by atoms with Crippen molar-refractivity contribution in [2.45, 2.75) is 63.3 Å². The third-order valence-corrected chi connectivity index (χ3v) is 6.16. The summed E-state index contributed by atoms with van der Waals surface area (Å²) < 4.78 is 28.4. The second-order valence-electron chi connectivity index (χ2n) is 6.51. The average Bonchev–Trinajstić information content (AvgIpc) is 2.88. The smallest absolute Gasteiger partial charge is 0.240 e. The number of thiocarbonyl (C=S) groups is 1. The van der Waals surface area contributed by atoms with Gasteiger partial charge in [0, 0.05) is 12.6 Å². The Morgan fingerprint density at radius 3 is 2.58 bits per heavy atom. The molecule has 0 radical (unpaired) electrons. The fourth-order valence-corrected chi connectivity index (χ4v) is 4.51. The highest BCUT2D eigenvalue weighted by Crippen LogP contribution is 2.20. The van der Waals surface area contributed by atoms with Gasteiger partial charge in [-0.3, -0.25) is 5.43 Å². The van der Waals surface area contributed by atoms with Crippen LogP contribution in [0.5, 0.6) is 0 Å². The molecule has 0 saturated heterocycles. The summed E-state index contributed by atoms with van der Waals surface area (Å²) in [6, 6.07) is 6.86. The van der Waals surface area contributed by atoms with Crippen molar-refractivity contribution in [3.63, 3.8) is 0 Å². The van der Waals surface area contributed by atoms with E-state index in [0.717, 1.165) is 31.2 Å². The van der Waals surface area contributed by atoms with E-state index in [1.54, 1.807) is 18.2 Å². The number of sulfonamides is 1. The molecule has 0 aliphatic heterocycles. The van der Waals surface area contributed by atoms with Crippen molar-refractivity contribution >= 4 is 33.1 Å². The number of rotatable bonds is 6. The molecule has 6 nitrogen and oxygen atoms in total. The average molecular weight is 397 g/mol. The molecule has 2 rings (SSSR count). The van der Waals surface area contributed by atoms with E-state index in [1.807, 2.05) is 19.9 Å². The molecule has 1 fully saturated rings. The summed E-state index contributed by atoms with van der Waals surface area (Å²) in [5.74, 6) is 0. The number of hydrazone groups is 1. The van der Waals surface area contributed by atoms with Crippen LogP contribution in [-0.2, 0) is 10.0 Å². The Kier molecular flexibility index (Phi) is 7.99. The molecule has 26 heavy (non-hydrogen) atoms. The number of benzene rings is 1. The van der Waals surface area contributed by atoms with Crippen LogP contribution < -0.4 is 15.5 Å². The maximum atomic E-state index is 12.7. The van der Waals surface area contributed by atoms with Gasteiger partial charge in [-0.05, 0) is 56.6 Å². The zero-order valence-electron chi connectivity index (χ0n) is 15.4. The molecular formula is C18H28N4O2S2. The summed E-state index contributed by atoms with van der Waals surface area (Å²) in [7, 11) is -3.54. The zero-order chi connectivity index (χ0) is 19.0. The molecule has 1 aliphatic rings. The maximum absolute atomic E-state index is 12.7. The molecule has 0 unspecified atom stereocenters. The van der Waals surface area contributed by atoms with E-state index in [9.17, 15) is 8.42 Å². The second kappa shape index (κ2) is 9.99. The third-order valence-electron chi connectivity index (χ3n) is 4.40. The molecule has 8 heteroatoms. The van der Waals surface area contributed by atoms with Crippen LogP contribution in [0.1, 0.15) is 57.9 Å². The van der Waals surface area contributed by atoms with Crippen molar-refractivity contribution in [3.8, 4) is 0 Å². The van der Waals surface area contributed by atoms with Crippen LogP contribution in [0.4, 0.5) is 0 Å². The summed E-state index contributed by atoms with van der Waals surface area (Å²) in [4.78, 5) is 0.267. The molecule has 1 saturated carbocycles. The highest BCUT2D eigenvalue weighted by molar-refractivity contribution is 7.89. The van der Waals surface area contributed by atoms with Crippen LogP contribution in [0.25, 0.3) is 0 Å². The van der Waals surface area contributed by atoms with Crippen molar-refractivity contribution in [1.29, 1.82) is 0 Å². The fraction of sp³-hybridized carbons (Fsp3) is 0.556. The SMILES string of the molecule is CCNC(=S)N/N=C(/C)c1cccc(S(=O)(=O)NC2CCCCCC2)c1. The number of hydrogen-bond acceptors (Lipinski definition) is 4. The van der Waals surface area contributed by atoms with Crippen molar-refractivity contribution in [1.82, 2.24) is 15.5 Å². The zero-order valence-corrected chi connectivity index (χ0v) is 17.0. The number of hydrogen-bond donors (Lipinski definition) is 3. The molecule has 1 aromatic rings. The molecule has 0 spiro atoms. The highest BCUT2D eigenvalue weighted by atomic mass is 32.2. The van der Waals surface area contributed by atoms with E-state index in [0.29, 0.717) is 17.4 Å². The molecule has 0 amide bonds. The van der Waals surface area contributed by atoms with Crippen LogP contribution >= 0.6 is 12.2 Å². The molecule has 0 bridgehead atoms. The van der Waals surface area contributed by atoms with Crippen LogP contribution in [-0.4, -0.2) is 31.8 Å². The van der Waals surface area contributed by atoms with Crippen molar-refractivity contribution in [2.24, 2.45) is 5.10 Å². The quantitative estimate of drug-likeness (QED) is 0.298. The first-order valence-electron chi connectivity index (χ1n) is 9.13. The minimum atomic E-state index is -3.54. The Balaban J connectivity index is 2.11. The van der Waals surface area contributed by atoms with E-state index in [4.69, 9.17) is 12.2 Å². The van der Waals surface area contributed by atoms with E-state index < -0.39 is 10.0 Å². The second-order valence-corrected chi connectivity index (χ2v) is 8.63. The third kappa shape index (κ3) is 6.34. The Hall–Kier alpha value is -1.51. The van der Waals surface area contributed by atoms with Gasteiger partial charge in [0.15, 0.2) is 5.11 Å². The van der Waals surface area contributed by atoms with Gasteiger partial charge >= 0.3 is 0 Å². The molecule has 1 aliphatic carbocycles. The lowest BCUT2D eigenvalue weighted by Crippen LogP contribution is -2.34. The highest BCUT2D eigenvalue weighted by Gasteiger charge is 2.21. The molecule has 3 N–H and O–H groups in total. The van der Waals surface area contributed by atoms with Gasteiger partial charge in [-0.15, -0.1) is 0 Å². The van der Waals surface area contributed by atoms with Gasteiger partial charge in [0.05, 0.1) is 10.6 Å². The standard InChI is InChI=1S/C18H28N4O2S2/c1-3-19-18(25)21-20-14(2)15-9-8-12-17(13-15)26(23,24)22-16-10-6-4-5-7-11-16/h8-9,12-13,16,22H,3-7,10-11H2,1-2H3,(H2,19,21,25)/b20-14-. The lowest BCUT2D eigenvalue weighted by Gasteiger charge is -2.16. The summed E-state index contributed by atoms with van der Waals surface area (Å²) in [6.07, 6.45) is 6.35. The van der Waals surface area contributed by atoms with Crippen LogP contribution in [0.3, 0.4) is 0 Å².